The lowest BCUT2D eigenvalue weighted by molar-refractivity contribution is 0.0518. The molecule has 0 radical (unpaired) electrons. The van der Waals surface area contributed by atoms with Gasteiger partial charge in [-0.05, 0) is 61.0 Å². The average Bonchev–Trinajstić information content (AvgIpc) is 3.17. The molecule has 1 aliphatic rings. The van der Waals surface area contributed by atoms with Gasteiger partial charge in [0.2, 0.25) is 0 Å². The Hall–Kier alpha value is -4.83. The number of carbonyl (C=O) groups is 4. The second-order valence-electron chi connectivity index (χ2n) is 8.44. The van der Waals surface area contributed by atoms with Crippen molar-refractivity contribution >= 4 is 51.8 Å². The monoisotopic (exact) mass is 528 g/mol. The second-order valence-corrected chi connectivity index (χ2v) is 8.88. The minimum atomic E-state index is -0.711. The van der Waals surface area contributed by atoms with Gasteiger partial charge >= 0.3 is 0 Å². The number of aromatic nitrogens is 2. The number of nitrogens with zero attached hydrogens (tertiary/aromatic N) is 3. The zero-order chi connectivity index (χ0) is 26.6. The summed E-state index contributed by atoms with van der Waals surface area (Å²) in [6.07, 6.45) is 5.19. The predicted octanol–water partition coefficient (Wildman–Crippen LogP) is 3.46. The van der Waals surface area contributed by atoms with Gasteiger partial charge in [0, 0.05) is 58.9 Å². The van der Waals surface area contributed by atoms with Crippen molar-refractivity contribution in [3.8, 4) is 0 Å². The summed E-state index contributed by atoms with van der Waals surface area (Å²) >= 11 is 6.04. The molecule has 2 aromatic carbocycles. The first-order chi connectivity index (χ1) is 18.4. The first-order valence-corrected chi connectivity index (χ1v) is 12.1. The van der Waals surface area contributed by atoms with Crippen LogP contribution >= 0.6 is 11.6 Å². The summed E-state index contributed by atoms with van der Waals surface area (Å²) < 4.78 is 0. The van der Waals surface area contributed by atoms with Crippen molar-refractivity contribution < 1.29 is 19.2 Å². The van der Waals surface area contributed by atoms with Crippen LogP contribution in [0.3, 0.4) is 0 Å². The molecule has 11 heteroatoms. The fraction of sp³-hybridized carbons (Fsp3) is 0.111. The smallest absolute Gasteiger partial charge is 0.280 e. The number of hydrogen-bond acceptors (Lipinski definition) is 7. The number of nitrogens with one attached hydrogen (secondary N) is 3. The highest BCUT2D eigenvalue weighted by atomic mass is 35.5. The Kier molecular flexibility index (Phi) is 6.96. The molecule has 0 atom stereocenters. The molecule has 4 amide bonds. The Morgan fingerprint density at radius 1 is 0.816 bits per heavy atom. The van der Waals surface area contributed by atoms with E-state index in [1.54, 1.807) is 18.3 Å². The van der Waals surface area contributed by atoms with Crippen molar-refractivity contribution in [3.63, 3.8) is 0 Å². The van der Waals surface area contributed by atoms with Crippen LogP contribution in [-0.2, 0) is 0 Å². The second kappa shape index (κ2) is 10.7. The van der Waals surface area contributed by atoms with Crippen LogP contribution in [0.5, 0.6) is 0 Å². The molecule has 0 bridgehead atoms. The third-order valence-corrected chi connectivity index (χ3v) is 6.20. The molecule has 0 saturated carbocycles. The maximum Gasteiger partial charge on any atom is 0.280 e. The van der Waals surface area contributed by atoms with E-state index < -0.39 is 17.7 Å². The minimum absolute atomic E-state index is 0.0454. The third-order valence-electron chi connectivity index (χ3n) is 5.96. The summed E-state index contributed by atoms with van der Waals surface area (Å²) in [5.41, 5.74) is 4.65. The van der Waals surface area contributed by atoms with E-state index in [0.29, 0.717) is 29.5 Å². The van der Waals surface area contributed by atoms with Gasteiger partial charge in [0.1, 0.15) is 0 Å². The van der Waals surface area contributed by atoms with Crippen molar-refractivity contribution in [2.45, 2.75) is 6.42 Å². The van der Waals surface area contributed by atoms with Crippen LogP contribution < -0.4 is 16.1 Å². The SMILES string of the molecule is O=C(NCCCNc1ccnc2cc(Cl)ccc12)c1ccc2c(c1)C(=O)N(NC(=O)c1ccncc1)C2=O. The van der Waals surface area contributed by atoms with Crippen molar-refractivity contribution in [1.82, 2.24) is 25.7 Å². The Balaban J connectivity index is 1.16. The molecule has 2 aromatic heterocycles. The maximum absolute atomic E-state index is 12.8. The van der Waals surface area contributed by atoms with Crippen LogP contribution in [0.15, 0.2) is 73.2 Å². The highest BCUT2D eigenvalue weighted by Gasteiger charge is 2.37. The quantitative estimate of drug-likeness (QED) is 0.235. The summed E-state index contributed by atoms with van der Waals surface area (Å²) in [7, 11) is 0. The van der Waals surface area contributed by atoms with Crippen molar-refractivity contribution in [2.75, 3.05) is 18.4 Å². The molecule has 38 heavy (non-hydrogen) atoms. The molecule has 4 aromatic rings. The van der Waals surface area contributed by atoms with Crippen LogP contribution in [0.1, 0.15) is 47.9 Å². The fourth-order valence-corrected chi connectivity index (χ4v) is 4.21. The number of rotatable bonds is 8. The highest BCUT2D eigenvalue weighted by Crippen LogP contribution is 2.25. The molecule has 10 nitrogen and oxygen atoms in total. The van der Waals surface area contributed by atoms with Gasteiger partial charge in [0.25, 0.3) is 23.6 Å². The topological polar surface area (TPSA) is 133 Å². The number of hydrogen-bond donors (Lipinski definition) is 3. The summed E-state index contributed by atoms with van der Waals surface area (Å²) in [4.78, 5) is 58.7. The van der Waals surface area contributed by atoms with Gasteiger partial charge in [-0.15, -0.1) is 0 Å². The fourth-order valence-electron chi connectivity index (χ4n) is 4.04. The van der Waals surface area contributed by atoms with Gasteiger partial charge in [-0.2, -0.15) is 5.01 Å². The molecule has 0 unspecified atom stereocenters. The van der Waals surface area contributed by atoms with Crippen molar-refractivity contribution in [3.05, 3.63) is 100 Å². The Labute approximate surface area is 222 Å². The number of fused-ring (bicyclic) bond motifs is 2. The van der Waals surface area contributed by atoms with Gasteiger partial charge in [-0.25, -0.2) is 0 Å². The predicted molar refractivity (Wildman–Crippen MR) is 141 cm³/mol. The Morgan fingerprint density at radius 2 is 1.61 bits per heavy atom. The van der Waals surface area contributed by atoms with Crippen LogP contribution in [0.2, 0.25) is 5.02 Å². The van der Waals surface area contributed by atoms with Crippen LogP contribution in [0.4, 0.5) is 5.69 Å². The molecule has 5 rings (SSSR count). The number of hydrazine groups is 1. The summed E-state index contributed by atoms with van der Waals surface area (Å²) in [5.74, 6) is -2.39. The zero-order valence-electron chi connectivity index (χ0n) is 19.9. The third kappa shape index (κ3) is 5.02. The number of carbonyl (C=O) groups excluding carboxylic acids is 4. The number of anilines is 1. The first-order valence-electron chi connectivity index (χ1n) is 11.7. The van der Waals surface area contributed by atoms with E-state index in [1.165, 1.54) is 42.7 Å². The number of benzene rings is 2. The molecular weight excluding hydrogens is 508 g/mol. The molecule has 3 N–H and O–H groups in total. The van der Waals surface area contributed by atoms with Gasteiger partial charge in [0.15, 0.2) is 0 Å². The molecule has 190 valence electrons. The van der Waals surface area contributed by atoms with Crippen molar-refractivity contribution in [2.24, 2.45) is 0 Å². The molecule has 0 saturated heterocycles. The lowest BCUT2D eigenvalue weighted by atomic mass is 10.1. The lowest BCUT2D eigenvalue weighted by Gasteiger charge is -2.14. The summed E-state index contributed by atoms with van der Waals surface area (Å²) in [6, 6.07) is 14.5. The van der Waals surface area contributed by atoms with E-state index in [9.17, 15) is 19.2 Å². The van der Waals surface area contributed by atoms with E-state index in [0.717, 1.165) is 16.6 Å². The lowest BCUT2D eigenvalue weighted by Crippen LogP contribution is -2.45. The molecule has 0 spiro atoms. The summed E-state index contributed by atoms with van der Waals surface area (Å²) in [6.45, 7) is 0.990. The molecule has 1 aliphatic heterocycles. The van der Waals surface area contributed by atoms with Gasteiger partial charge in [-0.1, -0.05) is 11.6 Å². The normalized spacial score (nSPS) is 12.4. The van der Waals surface area contributed by atoms with Crippen LogP contribution in [-0.4, -0.2) is 51.7 Å². The van der Waals surface area contributed by atoms with E-state index in [4.69, 9.17) is 11.6 Å². The van der Waals surface area contributed by atoms with E-state index in [1.807, 2.05) is 12.1 Å². The highest BCUT2D eigenvalue weighted by molar-refractivity contribution is 6.31. The van der Waals surface area contributed by atoms with Gasteiger partial charge < -0.3 is 10.6 Å². The number of pyridine rings is 2. The first kappa shape index (κ1) is 24.8. The maximum atomic E-state index is 12.8. The van der Waals surface area contributed by atoms with Gasteiger partial charge in [0.05, 0.1) is 16.6 Å². The van der Waals surface area contributed by atoms with E-state index in [2.05, 4.69) is 26.0 Å². The Bertz CT molecular complexity index is 1580. The van der Waals surface area contributed by atoms with Crippen LogP contribution in [0.25, 0.3) is 10.9 Å². The molecular formula is C27H21ClN6O4. The van der Waals surface area contributed by atoms with Crippen LogP contribution in [0, 0.1) is 0 Å². The molecule has 0 fully saturated rings. The van der Waals surface area contributed by atoms with Gasteiger partial charge in [-0.3, -0.25) is 34.6 Å². The van der Waals surface area contributed by atoms with E-state index in [-0.39, 0.29) is 28.2 Å². The number of halogens is 1. The standard InChI is InChI=1S/C27H21ClN6O4/c28-18-3-5-20-22(8-13-31-23(20)15-18)30-9-1-10-32-24(35)17-2-4-19-21(14-17)27(38)34(26(19)37)33-25(36)16-6-11-29-12-7-16/h2-8,11-15H,1,9-10H2,(H,30,31)(H,32,35)(H,33,36). The summed E-state index contributed by atoms with van der Waals surface area (Å²) in [5, 5.41) is 8.37. The number of amides is 4. The van der Waals surface area contributed by atoms with E-state index >= 15 is 0 Å². The average molecular weight is 529 g/mol. The minimum Gasteiger partial charge on any atom is -0.384 e. The number of imide groups is 1. The molecule has 3 heterocycles. The largest absolute Gasteiger partial charge is 0.384 e. The molecule has 0 aliphatic carbocycles. The Morgan fingerprint density at radius 3 is 2.42 bits per heavy atom. The zero-order valence-corrected chi connectivity index (χ0v) is 20.7. The van der Waals surface area contributed by atoms with Crippen molar-refractivity contribution in [1.29, 1.82) is 0 Å².